The molecule has 9 heteroatoms. The van der Waals surface area contributed by atoms with Crippen LogP contribution < -0.4 is 14.8 Å². The molecule has 0 saturated carbocycles. The van der Waals surface area contributed by atoms with Crippen molar-refractivity contribution < 1.29 is 23.5 Å². The third kappa shape index (κ3) is 4.42. The zero-order valence-corrected chi connectivity index (χ0v) is 17.2. The maximum absolute atomic E-state index is 14.5. The van der Waals surface area contributed by atoms with Crippen molar-refractivity contribution in [3.63, 3.8) is 0 Å². The van der Waals surface area contributed by atoms with Gasteiger partial charge in [-0.1, -0.05) is 17.7 Å². The Hall–Kier alpha value is -3.31. The highest BCUT2D eigenvalue weighted by molar-refractivity contribution is 6.33. The molecule has 0 spiro atoms. The second-order valence-corrected chi connectivity index (χ2v) is 7.82. The fraction of sp³-hybridized carbons (Fsp3) is 0.318. The zero-order valence-electron chi connectivity index (χ0n) is 16.5. The van der Waals surface area contributed by atoms with Crippen LogP contribution in [0.15, 0.2) is 30.3 Å². The molecule has 0 unspecified atom stereocenters. The van der Waals surface area contributed by atoms with Crippen LogP contribution in [0, 0.1) is 23.1 Å². The first-order chi connectivity index (χ1) is 15.0. The average Bonchev–Trinajstić information content (AvgIpc) is 2.78. The number of halogens is 2. The Balaban J connectivity index is 1.36. The molecule has 0 atom stereocenters. The lowest BCUT2D eigenvalue weighted by Crippen LogP contribution is -2.40. The molecule has 1 fully saturated rings. The number of ether oxygens (including phenoxy) is 2. The van der Waals surface area contributed by atoms with Crippen molar-refractivity contribution in [2.45, 2.75) is 12.8 Å². The molecule has 1 N–H and O–H groups in total. The molecule has 2 aliphatic heterocycles. The van der Waals surface area contributed by atoms with E-state index in [0.717, 1.165) is 6.07 Å². The summed E-state index contributed by atoms with van der Waals surface area (Å²) in [4.78, 5) is 25.9. The SMILES string of the molecule is N#Cc1cccc(OCC2CCN(C(=O)c3cc4c(cc3F)OCC(=O)N4)CC2)c1Cl. The predicted octanol–water partition coefficient (Wildman–Crippen LogP) is 3.61. The lowest BCUT2D eigenvalue weighted by atomic mass is 9.97. The molecule has 0 radical (unpaired) electrons. The number of nitriles is 1. The van der Waals surface area contributed by atoms with Gasteiger partial charge in [0, 0.05) is 19.2 Å². The summed E-state index contributed by atoms with van der Waals surface area (Å²) in [5, 5.41) is 11.9. The summed E-state index contributed by atoms with van der Waals surface area (Å²) < 4.78 is 25.4. The van der Waals surface area contributed by atoms with E-state index in [0.29, 0.717) is 49.5 Å². The number of amides is 2. The summed E-state index contributed by atoms with van der Waals surface area (Å²) in [5.74, 6) is -0.587. The first-order valence-corrected chi connectivity index (χ1v) is 10.2. The van der Waals surface area contributed by atoms with Crippen LogP contribution in [0.3, 0.4) is 0 Å². The molecule has 2 amide bonds. The van der Waals surface area contributed by atoms with Gasteiger partial charge in [0.15, 0.2) is 6.61 Å². The number of nitrogens with one attached hydrogen (secondary N) is 1. The summed E-state index contributed by atoms with van der Waals surface area (Å²) in [6, 6.07) is 9.51. The number of fused-ring (bicyclic) bond motifs is 1. The fourth-order valence-corrected chi connectivity index (χ4v) is 3.88. The predicted molar refractivity (Wildman–Crippen MR) is 111 cm³/mol. The molecule has 0 aromatic heterocycles. The standard InChI is InChI=1S/C22H19ClFN3O4/c23-21-14(10-25)2-1-3-18(21)30-11-13-4-6-27(7-5-13)22(29)15-8-17-19(9-16(15)24)31-12-20(28)26-17/h1-3,8-9,13H,4-7,11-12H2,(H,26,28). The van der Waals surface area contributed by atoms with Crippen molar-refractivity contribution in [2.75, 3.05) is 31.6 Å². The lowest BCUT2D eigenvalue weighted by Gasteiger charge is -2.32. The summed E-state index contributed by atoms with van der Waals surface area (Å²) >= 11 is 6.16. The number of hydrogen-bond acceptors (Lipinski definition) is 5. The van der Waals surface area contributed by atoms with Gasteiger partial charge < -0.3 is 19.7 Å². The molecule has 2 aliphatic rings. The highest BCUT2D eigenvalue weighted by Gasteiger charge is 2.28. The number of piperidine rings is 1. The van der Waals surface area contributed by atoms with Crippen LogP contribution in [0.4, 0.5) is 10.1 Å². The molecule has 7 nitrogen and oxygen atoms in total. The third-order valence-electron chi connectivity index (χ3n) is 5.39. The highest BCUT2D eigenvalue weighted by atomic mass is 35.5. The molecular formula is C22H19ClFN3O4. The van der Waals surface area contributed by atoms with Crippen molar-refractivity contribution >= 4 is 29.1 Å². The Morgan fingerprint density at radius 2 is 2.13 bits per heavy atom. The van der Waals surface area contributed by atoms with Crippen molar-refractivity contribution in [1.29, 1.82) is 5.26 Å². The van der Waals surface area contributed by atoms with Gasteiger partial charge in [0.05, 0.1) is 23.4 Å². The van der Waals surface area contributed by atoms with E-state index in [1.54, 1.807) is 23.1 Å². The van der Waals surface area contributed by atoms with Crippen LogP contribution in [-0.2, 0) is 4.79 Å². The van der Waals surface area contributed by atoms with Crippen LogP contribution in [0.1, 0.15) is 28.8 Å². The van der Waals surface area contributed by atoms with Gasteiger partial charge in [-0.05, 0) is 37.0 Å². The smallest absolute Gasteiger partial charge is 0.262 e. The van der Waals surface area contributed by atoms with Gasteiger partial charge >= 0.3 is 0 Å². The number of benzene rings is 2. The van der Waals surface area contributed by atoms with Crippen LogP contribution >= 0.6 is 11.6 Å². The second kappa shape index (κ2) is 8.82. The molecule has 0 aliphatic carbocycles. The lowest BCUT2D eigenvalue weighted by molar-refractivity contribution is -0.118. The molecule has 31 heavy (non-hydrogen) atoms. The van der Waals surface area contributed by atoms with Gasteiger partial charge in [-0.3, -0.25) is 9.59 Å². The van der Waals surface area contributed by atoms with Crippen LogP contribution in [0.2, 0.25) is 5.02 Å². The summed E-state index contributed by atoms with van der Waals surface area (Å²) in [5.41, 5.74) is 0.549. The Kier molecular flexibility index (Phi) is 5.96. The van der Waals surface area contributed by atoms with Crippen molar-refractivity contribution in [2.24, 2.45) is 5.92 Å². The largest absolute Gasteiger partial charge is 0.492 e. The molecule has 2 aromatic carbocycles. The molecule has 1 saturated heterocycles. The molecular weight excluding hydrogens is 425 g/mol. The van der Waals surface area contributed by atoms with E-state index in [2.05, 4.69) is 5.32 Å². The number of rotatable bonds is 4. The molecule has 4 rings (SSSR count). The minimum absolute atomic E-state index is 0.0978. The van der Waals surface area contributed by atoms with E-state index < -0.39 is 11.7 Å². The van der Waals surface area contributed by atoms with E-state index in [9.17, 15) is 14.0 Å². The van der Waals surface area contributed by atoms with Gasteiger partial charge in [-0.25, -0.2) is 4.39 Å². The fourth-order valence-electron chi connectivity index (χ4n) is 3.65. The number of anilines is 1. The van der Waals surface area contributed by atoms with Crippen molar-refractivity contribution in [3.8, 4) is 17.6 Å². The zero-order chi connectivity index (χ0) is 22.0. The summed E-state index contributed by atoms with van der Waals surface area (Å²) in [6.45, 7) is 1.14. The normalized spacial score (nSPS) is 16.0. The Labute approximate surface area is 183 Å². The molecule has 2 heterocycles. The quantitative estimate of drug-likeness (QED) is 0.779. The first kappa shape index (κ1) is 20.9. The third-order valence-corrected chi connectivity index (χ3v) is 5.78. The van der Waals surface area contributed by atoms with Gasteiger partial charge in [0.2, 0.25) is 0 Å². The highest BCUT2D eigenvalue weighted by Crippen LogP contribution is 2.32. The van der Waals surface area contributed by atoms with Crippen molar-refractivity contribution in [1.82, 2.24) is 4.90 Å². The maximum atomic E-state index is 14.5. The van der Waals surface area contributed by atoms with Gasteiger partial charge in [-0.2, -0.15) is 5.26 Å². The number of hydrogen-bond donors (Lipinski definition) is 1. The second-order valence-electron chi connectivity index (χ2n) is 7.44. The van der Waals surface area contributed by atoms with Gasteiger partial charge in [0.25, 0.3) is 11.8 Å². The Morgan fingerprint density at radius 1 is 1.35 bits per heavy atom. The van der Waals surface area contributed by atoms with E-state index >= 15 is 0 Å². The number of likely N-dealkylation sites (tertiary alicyclic amines) is 1. The first-order valence-electron chi connectivity index (χ1n) is 9.83. The van der Waals surface area contributed by atoms with E-state index in [-0.39, 0.29) is 34.8 Å². The number of nitrogens with zero attached hydrogens (tertiary/aromatic N) is 2. The minimum Gasteiger partial charge on any atom is -0.492 e. The van der Waals surface area contributed by atoms with Gasteiger partial charge in [0.1, 0.15) is 28.4 Å². The summed E-state index contributed by atoms with van der Waals surface area (Å²) in [6.07, 6.45) is 1.38. The Morgan fingerprint density at radius 3 is 2.87 bits per heavy atom. The minimum atomic E-state index is -0.683. The van der Waals surface area contributed by atoms with E-state index in [1.165, 1.54) is 6.07 Å². The summed E-state index contributed by atoms with van der Waals surface area (Å²) in [7, 11) is 0. The van der Waals surface area contributed by atoms with Crippen LogP contribution in [0.5, 0.6) is 11.5 Å². The van der Waals surface area contributed by atoms with Crippen LogP contribution in [0.25, 0.3) is 0 Å². The monoisotopic (exact) mass is 443 g/mol. The average molecular weight is 444 g/mol. The molecule has 160 valence electrons. The van der Waals surface area contributed by atoms with Crippen LogP contribution in [-0.4, -0.2) is 43.0 Å². The Bertz CT molecular complexity index is 1080. The van der Waals surface area contributed by atoms with Crippen molar-refractivity contribution in [3.05, 3.63) is 52.3 Å². The van der Waals surface area contributed by atoms with E-state index in [1.807, 2.05) is 6.07 Å². The topological polar surface area (TPSA) is 91.7 Å². The maximum Gasteiger partial charge on any atom is 0.262 e. The molecule has 2 aromatic rings. The number of carbonyl (C=O) groups is 2. The van der Waals surface area contributed by atoms with Gasteiger partial charge in [-0.15, -0.1) is 0 Å². The number of carbonyl (C=O) groups excluding carboxylic acids is 2. The molecule has 0 bridgehead atoms. The van der Waals surface area contributed by atoms with E-state index in [4.69, 9.17) is 26.3 Å².